The van der Waals surface area contributed by atoms with E-state index in [1.54, 1.807) is 13.1 Å². The molecule has 1 saturated heterocycles. The first-order chi connectivity index (χ1) is 14.5. The molecule has 0 radical (unpaired) electrons. The van der Waals surface area contributed by atoms with Crippen molar-refractivity contribution in [3.05, 3.63) is 48.0 Å². The Morgan fingerprint density at radius 3 is 2.47 bits per heavy atom. The maximum atomic E-state index is 12.7. The number of piperidine rings is 1. The average Bonchev–Trinajstić information content (AvgIpc) is 3.15. The van der Waals surface area contributed by atoms with Crippen molar-refractivity contribution in [1.82, 2.24) is 19.4 Å². The van der Waals surface area contributed by atoms with Crippen LogP contribution in [0.25, 0.3) is 0 Å². The smallest absolute Gasteiger partial charge is 0.226 e. The van der Waals surface area contributed by atoms with Gasteiger partial charge in [0.25, 0.3) is 0 Å². The minimum Gasteiger partial charge on any atom is -0.494 e. The summed E-state index contributed by atoms with van der Waals surface area (Å²) in [5, 5.41) is 0. The van der Waals surface area contributed by atoms with Gasteiger partial charge in [0.1, 0.15) is 11.6 Å². The Labute approximate surface area is 178 Å². The van der Waals surface area contributed by atoms with Crippen LogP contribution in [-0.4, -0.2) is 63.4 Å². The summed E-state index contributed by atoms with van der Waals surface area (Å²) in [5.74, 6) is 2.01. The lowest BCUT2D eigenvalue weighted by Crippen LogP contribution is -2.49. The van der Waals surface area contributed by atoms with Crippen LogP contribution in [-0.2, 0) is 22.6 Å². The van der Waals surface area contributed by atoms with E-state index in [0.717, 1.165) is 36.5 Å². The fourth-order valence-electron chi connectivity index (χ4n) is 4.04. The van der Waals surface area contributed by atoms with Crippen molar-refractivity contribution in [2.75, 3.05) is 26.2 Å². The van der Waals surface area contributed by atoms with E-state index in [4.69, 9.17) is 4.74 Å². The molecule has 162 valence electrons. The molecular weight excluding hydrogens is 380 g/mol. The normalized spacial score (nSPS) is 14.6. The number of likely N-dealkylation sites (tertiary alicyclic amines) is 1. The van der Waals surface area contributed by atoms with Crippen LogP contribution in [0.4, 0.5) is 0 Å². The van der Waals surface area contributed by atoms with E-state index in [0.29, 0.717) is 32.7 Å². The van der Waals surface area contributed by atoms with Crippen LogP contribution < -0.4 is 4.74 Å². The molecule has 0 N–H and O–H groups in total. The zero-order valence-electron chi connectivity index (χ0n) is 18.2. The summed E-state index contributed by atoms with van der Waals surface area (Å²) in [4.78, 5) is 33.1. The molecule has 0 unspecified atom stereocenters. The van der Waals surface area contributed by atoms with Crippen molar-refractivity contribution < 1.29 is 14.3 Å². The SMILES string of the molecule is CCOc1ccc(CC(=O)N2CCC(N(CCn3ccnc3C)C(C)=O)CC2)cc1. The van der Waals surface area contributed by atoms with Crippen molar-refractivity contribution in [1.29, 1.82) is 0 Å². The van der Waals surface area contributed by atoms with E-state index < -0.39 is 0 Å². The lowest BCUT2D eigenvalue weighted by Gasteiger charge is -2.38. The standard InChI is InChI=1S/C23H32N4O3/c1-4-30-22-7-5-20(6-8-22)17-23(29)26-12-9-21(10-13-26)27(19(3)28)16-15-25-14-11-24-18(25)2/h5-8,11,14,21H,4,9-10,12-13,15-17H2,1-3H3. The summed E-state index contributed by atoms with van der Waals surface area (Å²) in [6.07, 6.45) is 5.75. The Morgan fingerprint density at radius 2 is 1.90 bits per heavy atom. The van der Waals surface area contributed by atoms with Crippen LogP contribution in [0.3, 0.4) is 0 Å². The van der Waals surface area contributed by atoms with Crippen LogP contribution in [0.1, 0.15) is 38.1 Å². The monoisotopic (exact) mass is 412 g/mol. The van der Waals surface area contributed by atoms with E-state index >= 15 is 0 Å². The molecule has 1 aliphatic rings. The minimum atomic E-state index is 0.0898. The second-order valence-corrected chi connectivity index (χ2v) is 7.75. The van der Waals surface area contributed by atoms with Crippen molar-refractivity contribution in [2.24, 2.45) is 0 Å². The third-order valence-corrected chi connectivity index (χ3v) is 5.76. The van der Waals surface area contributed by atoms with Gasteiger partial charge < -0.3 is 19.1 Å². The molecule has 0 atom stereocenters. The molecule has 0 bridgehead atoms. The van der Waals surface area contributed by atoms with Crippen LogP contribution >= 0.6 is 0 Å². The van der Waals surface area contributed by atoms with Crippen LogP contribution in [0.2, 0.25) is 0 Å². The van der Waals surface area contributed by atoms with Gasteiger partial charge >= 0.3 is 0 Å². The van der Waals surface area contributed by atoms with Crippen LogP contribution in [0.15, 0.2) is 36.7 Å². The van der Waals surface area contributed by atoms with E-state index in [1.807, 2.05) is 54.1 Å². The highest BCUT2D eigenvalue weighted by molar-refractivity contribution is 5.79. The number of carbonyl (C=O) groups excluding carboxylic acids is 2. The second kappa shape index (κ2) is 10.3. The lowest BCUT2D eigenvalue weighted by molar-refractivity contribution is -0.135. The topological polar surface area (TPSA) is 67.7 Å². The molecule has 2 aromatic rings. The maximum Gasteiger partial charge on any atom is 0.226 e. The number of nitrogens with zero attached hydrogens (tertiary/aromatic N) is 4. The largest absolute Gasteiger partial charge is 0.494 e. The Kier molecular flexibility index (Phi) is 7.49. The maximum absolute atomic E-state index is 12.7. The van der Waals surface area contributed by atoms with Crippen LogP contribution in [0.5, 0.6) is 5.75 Å². The van der Waals surface area contributed by atoms with Gasteiger partial charge in [-0.25, -0.2) is 4.98 Å². The van der Waals surface area contributed by atoms with Gasteiger partial charge in [-0.2, -0.15) is 0 Å². The van der Waals surface area contributed by atoms with Gasteiger partial charge in [-0.05, 0) is 44.4 Å². The molecule has 0 saturated carbocycles. The van der Waals surface area contributed by atoms with Crippen molar-refractivity contribution in [2.45, 2.75) is 52.6 Å². The third kappa shape index (κ3) is 5.62. The third-order valence-electron chi connectivity index (χ3n) is 5.76. The highest BCUT2D eigenvalue weighted by Gasteiger charge is 2.28. The molecule has 3 rings (SSSR count). The summed E-state index contributed by atoms with van der Waals surface area (Å²) >= 11 is 0. The number of imidazole rings is 1. The van der Waals surface area contributed by atoms with Gasteiger partial charge in [0.15, 0.2) is 0 Å². The first kappa shape index (κ1) is 21.9. The first-order valence-corrected chi connectivity index (χ1v) is 10.7. The number of benzene rings is 1. The Balaban J connectivity index is 1.50. The number of aromatic nitrogens is 2. The van der Waals surface area contributed by atoms with Gasteiger partial charge in [-0.3, -0.25) is 9.59 Å². The quantitative estimate of drug-likeness (QED) is 0.669. The van der Waals surface area contributed by atoms with Gasteiger partial charge in [-0.15, -0.1) is 0 Å². The van der Waals surface area contributed by atoms with E-state index in [-0.39, 0.29) is 17.9 Å². The number of aryl methyl sites for hydroxylation is 1. The van der Waals surface area contributed by atoms with Crippen molar-refractivity contribution in [3.63, 3.8) is 0 Å². The average molecular weight is 413 g/mol. The zero-order valence-corrected chi connectivity index (χ0v) is 18.2. The summed E-state index contributed by atoms with van der Waals surface area (Å²) in [6, 6.07) is 7.90. The summed E-state index contributed by atoms with van der Waals surface area (Å²) in [7, 11) is 0. The summed E-state index contributed by atoms with van der Waals surface area (Å²) in [6.45, 7) is 8.96. The Bertz CT molecular complexity index is 838. The molecule has 1 aliphatic heterocycles. The minimum absolute atomic E-state index is 0.0898. The van der Waals surface area contributed by atoms with E-state index in [1.165, 1.54) is 0 Å². The summed E-state index contributed by atoms with van der Waals surface area (Å²) in [5.41, 5.74) is 0.992. The van der Waals surface area contributed by atoms with E-state index in [2.05, 4.69) is 9.55 Å². The second-order valence-electron chi connectivity index (χ2n) is 7.75. The highest BCUT2D eigenvalue weighted by atomic mass is 16.5. The molecule has 1 fully saturated rings. The number of rotatable bonds is 8. The number of hydrogen-bond donors (Lipinski definition) is 0. The Morgan fingerprint density at radius 1 is 1.20 bits per heavy atom. The van der Waals surface area contributed by atoms with Gasteiger partial charge in [-0.1, -0.05) is 12.1 Å². The van der Waals surface area contributed by atoms with Gasteiger partial charge in [0.05, 0.1) is 13.0 Å². The number of hydrogen-bond acceptors (Lipinski definition) is 4. The molecule has 0 spiro atoms. The fraction of sp³-hybridized carbons (Fsp3) is 0.522. The number of amides is 2. The molecular formula is C23H32N4O3. The molecule has 30 heavy (non-hydrogen) atoms. The van der Waals surface area contributed by atoms with Gasteiger partial charge in [0, 0.05) is 51.5 Å². The molecule has 7 heteroatoms. The molecule has 7 nitrogen and oxygen atoms in total. The lowest BCUT2D eigenvalue weighted by atomic mass is 10.0. The predicted octanol–water partition coefficient (Wildman–Crippen LogP) is 2.67. The Hall–Kier alpha value is -2.83. The highest BCUT2D eigenvalue weighted by Crippen LogP contribution is 2.19. The molecule has 1 aromatic heterocycles. The molecule has 2 amide bonds. The van der Waals surface area contributed by atoms with Gasteiger partial charge in [0.2, 0.25) is 11.8 Å². The summed E-state index contributed by atoms with van der Waals surface area (Å²) < 4.78 is 7.51. The van der Waals surface area contributed by atoms with E-state index in [9.17, 15) is 9.59 Å². The fourth-order valence-corrected chi connectivity index (χ4v) is 4.04. The predicted molar refractivity (Wildman–Crippen MR) is 115 cm³/mol. The molecule has 2 heterocycles. The number of ether oxygens (including phenoxy) is 1. The molecule has 1 aromatic carbocycles. The first-order valence-electron chi connectivity index (χ1n) is 10.7. The number of carbonyl (C=O) groups is 2. The zero-order chi connectivity index (χ0) is 21.5. The molecule has 0 aliphatic carbocycles. The van der Waals surface area contributed by atoms with Crippen LogP contribution in [0, 0.1) is 6.92 Å². The van der Waals surface area contributed by atoms with Crippen molar-refractivity contribution >= 4 is 11.8 Å². The van der Waals surface area contributed by atoms with Crippen molar-refractivity contribution in [3.8, 4) is 5.75 Å².